The zero-order valence-electron chi connectivity index (χ0n) is 17.8. The Hall–Kier alpha value is -2.60. The van der Waals surface area contributed by atoms with Crippen molar-refractivity contribution in [3.05, 3.63) is 63.0 Å². The van der Waals surface area contributed by atoms with E-state index < -0.39 is 0 Å². The summed E-state index contributed by atoms with van der Waals surface area (Å²) < 4.78 is 2.10. The van der Waals surface area contributed by atoms with E-state index in [1.54, 1.807) is 11.3 Å². The number of thiophene rings is 1. The van der Waals surface area contributed by atoms with Gasteiger partial charge in [0.1, 0.15) is 22.7 Å². The van der Waals surface area contributed by atoms with Crippen molar-refractivity contribution in [3.8, 4) is 5.00 Å². The molecule has 5 nitrogen and oxygen atoms in total. The minimum Gasteiger partial charge on any atom is -0.299 e. The predicted octanol–water partition coefficient (Wildman–Crippen LogP) is 5.07. The number of hydrogen-bond acceptors (Lipinski definition) is 5. The molecule has 29 heavy (non-hydrogen) atoms. The summed E-state index contributed by atoms with van der Waals surface area (Å²) in [4.78, 5) is 19.0. The minimum atomic E-state index is -0.346. The topological polar surface area (TPSA) is 60.1 Å². The van der Waals surface area contributed by atoms with Gasteiger partial charge in [0.05, 0.1) is 5.71 Å². The number of aliphatic imine (C=N–C) groups is 1. The van der Waals surface area contributed by atoms with Crippen molar-refractivity contribution >= 4 is 22.8 Å². The van der Waals surface area contributed by atoms with Gasteiger partial charge in [-0.15, -0.1) is 21.5 Å². The molecule has 0 N–H and O–H groups in total. The fourth-order valence-electron chi connectivity index (χ4n) is 3.66. The molecule has 0 saturated heterocycles. The van der Waals surface area contributed by atoms with E-state index in [1.165, 1.54) is 16.0 Å². The van der Waals surface area contributed by atoms with E-state index >= 15 is 0 Å². The van der Waals surface area contributed by atoms with Crippen molar-refractivity contribution in [3.63, 3.8) is 0 Å². The molecule has 1 unspecified atom stereocenters. The van der Waals surface area contributed by atoms with Gasteiger partial charge in [-0.1, -0.05) is 43.7 Å². The molecule has 1 atom stereocenters. The third kappa shape index (κ3) is 3.35. The molecule has 3 aromatic rings. The molecule has 0 spiro atoms. The third-order valence-corrected chi connectivity index (χ3v) is 6.80. The Kier molecular flexibility index (Phi) is 4.99. The Morgan fingerprint density at radius 2 is 1.79 bits per heavy atom. The second-order valence-electron chi connectivity index (χ2n) is 8.09. The lowest BCUT2D eigenvalue weighted by atomic mass is 9.98. The number of ketones is 1. The van der Waals surface area contributed by atoms with Gasteiger partial charge in [0, 0.05) is 28.3 Å². The minimum absolute atomic E-state index is 0.0354. The van der Waals surface area contributed by atoms with Gasteiger partial charge in [-0.3, -0.25) is 14.4 Å². The largest absolute Gasteiger partial charge is 0.299 e. The molecular weight excluding hydrogens is 380 g/mol. The molecule has 0 fully saturated rings. The molecular formula is C23H26N4OS. The highest BCUT2D eigenvalue weighted by molar-refractivity contribution is 7.15. The first-order valence-corrected chi connectivity index (χ1v) is 10.8. The highest BCUT2D eigenvalue weighted by Gasteiger charge is 2.32. The van der Waals surface area contributed by atoms with Crippen LogP contribution in [0.1, 0.15) is 65.1 Å². The highest BCUT2D eigenvalue weighted by Crippen LogP contribution is 2.39. The number of nitrogens with zero attached hydrogens (tertiary/aromatic N) is 4. The summed E-state index contributed by atoms with van der Waals surface area (Å²) in [7, 11) is 0. The summed E-state index contributed by atoms with van der Waals surface area (Å²) >= 11 is 1.74. The second-order valence-corrected chi connectivity index (χ2v) is 9.29. The molecule has 1 aliphatic rings. The number of fused-ring (bicyclic) bond motifs is 3. The molecule has 3 heterocycles. The molecule has 0 aliphatic carbocycles. The number of aryl methyl sites for hydroxylation is 3. The SMILES string of the molecule is Cc1ccc(C2=NC(CC(=O)C(C)C)c3nnc(C)n3-c3sc(C)c(C)c32)cc1. The standard InChI is InChI=1S/C23H26N4OS/c1-12(2)19(28)11-18-22-26-25-16(6)27(22)23-20(14(4)15(5)29-23)21(24-18)17-9-7-13(3)8-10-17/h7-10,12,18H,11H2,1-6H3. The van der Waals surface area contributed by atoms with Gasteiger partial charge in [0.25, 0.3) is 0 Å². The van der Waals surface area contributed by atoms with Gasteiger partial charge in [0.15, 0.2) is 5.82 Å². The second kappa shape index (κ2) is 7.34. The van der Waals surface area contributed by atoms with Gasteiger partial charge in [0.2, 0.25) is 0 Å². The lowest BCUT2D eigenvalue weighted by molar-refractivity contribution is -0.122. The van der Waals surface area contributed by atoms with Crippen LogP contribution in [-0.4, -0.2) is 26.3 Å². The molecule has 1 aliphatic heterocycles. The first kappa shape index (κ1) is 19.7. The Morgan fingerprint density at radius 1 is 1.10 bits per heavy atom. The molecule has 1 aromatic carbocycles. The van der Waals surface area contributed by atoms with Crippen LogP contribution >= 0.6 is 11.3 Å². The van der Waals surface area contributed by atoms with Gasteiger partial charge >= 0.3 is 0 Å². The van der Waals surface area contributed by atoms with Crippen LogP contribution in [0.15, 0.2) is 29.3 Å². The average molecular weight is 407 g/mol. The van der Waals surface area contributed by atoms with Crippen LogP contribution in [-0.2, 0) is 4.79 Å². The first-order valence-electron chi connectivity index (χ1n) is 9.98. The molecule has 0 saturated carbocycles. The van der Waals surface area contributed by atoms with E-state index in [0.29, 0.717) is 6.42 Å². The van der Waals surface area contributed by atoms with Crippen LogP contribution < -0.4 is 0 Å². The maximum atomic E-state index is 12.6. The predicted molar refractivity (Wildman–Crippen MR) is 117 cm³/mol. The lowest BCUT2D eigenvalue weighted by Gasteiger charge is -2.13. The number of rotatable bonds is 4. The summed E-state index contributed by atoms with van der Waals surface area (Å²) in [6.45, 7) is 12.2. The van der Waals surface area contributed by atoms with Crippen LogP contribution in [0.25, 0.3) is 5.00 Å². The Bertz CT molecular complexity index is 1120. The Labute approximate surface area is 175 Å². The van der Waals surface area contributed by atoms with Crippen LogP contribution in [0.5, 0.6) is 0 Å². The fraction of sp³-hybridized carbons (Fsp3) is 0.391. The molecule has 0 radical (unpaired) electrons. The number of aromatic nitrogens is 3. The van der Waals surface area contributed by atoms with Crippen molar-refractivity contribution in [2.24, 2.45) is 10.9 Å². The van der Waals surface area contributed by atoms with Crippen molar-refractivity contribution in [2.45, 2.75) is 54.0 Å². The molecule has 0 bridgehead atoms. The monoisotopic (exact) mass is 406 g/mol. The van der Waals surface area contributed by atoms with Crippen molar-refractivity contribution < 1.29 is 4.79 Å². The molecule has 6 heteroatoms. The van der Waals surface area contributed by atoms with E-state index in [4.69, 9.17) is 4.99 Å². The van der Waals surface area contributed by atoms with Gasteiger partial charge in [-0.05, 0) is 33.3 Å². The normalized spacial score (nSPS) is 15.7. The Balaban J connectivity index is 1.99. The quantitative estimate of drug-likeness (QED) is 0.608. The Morgan fingerprint density at radius 3 is 2.45 bits per heavy atom. The number of carbonyl (C=O) groups excluding carboxylic acids is 1. The summed E-state index contributed by atoms with van der Waals surface area (Å²) in [6.07, 6.45) is 0.331. The zero-order chi connectivity index (χ0) is 20.9. The fourth-order valence-corrected chi connectivity index (χ4v) is 4.88. The molecule has 0 amide bonds. The number of carbonyl (C=O) groups is 1. The summed E-state index contributed by atoms with van der Waals surface area (Å²) in [5, 5.41) is 9.87. The maximum absolute atomic E-state index is 12.6. The van der Waals surface area contributed by atoms with Gasteiger partial charge in [-0.2, -0.15) is 0 Å². The smallest absolute Gasteiger partial charge is 0.163 e. The van der Waals surface area contributed by atoms with E-state index in [9.17, 15) is 4.79 Å². The van der Waals surface area contributed by atoms with E-state index in [-0.39, 0.29) is 17.7 Å². The average Bonchev–Trinajstić information content (AvgIpc) is 3.15. The van der Waals surface area contributed by atoms with Crippen molar-refractivity contribution in [1.29, 1.82) is 0 Å². The summed E-state index contributed by atoms with van der Waals surface area (Å²) in [6, 6.07) is 8.10. The van der Waals surface area contributed by atoms with Crippen LogP contribution in [0.2, 0.25) is 0 Å². The molecule has 4 rings (SSSR count). The van der Waals surface area contributed by atoms with Crippen LogP contribution in [0.3, 0.4) is 0 Å². The number of benzene rings is 1. The van der Waals surface area contributed by atoms with Crippen molar-refractivity contribution in [1.82, 2.24) is 14.8 Å². The van der Waals surface area contributed by atoms with Crippen LogP contribution in [0.4, 0.5) is 0 Å². The molecule has 150 valence electrons. The van der Waals surface area contributed by atoms with E-state index in [0.717, 1.165) is 33.5 Å². The van der Waals surface area contributed by atoms with Crippen LogP contribution in [0, 0.1) is 33.6 Å². The van der Waals surface area contributed by atoms with E-state index in [2.05, 4.69) is 59.8 Å². The summed E-state index contributed by atoms with van der Waals surface area (Å²) in [5.74, 6) is 1.73. The van der Waals surface area contributed by atoms with Crippen molar-refractivity contribution in [2.75, 3.05) is 0 Å². The first-order chi connectivity index (χ1) is 13.8. The highest BCUT2D eigenvalue weighted by atomic mass is 32.1. The number of Topliss-reactive ketones (excluding diaryl/α,β-unsaturated/α-hetero) is 1. The number of hydrogen-bond donors (Lipinski definition) is 0. The lowest BCUT2D eigenvalue weighted by Crippen LogP contribution is -2.14. The van der Waals surface area contributed by atoms with Gasteiger partial charge < -0.3 is 0 Å². The van der Waals surface area contributed by atoms with E-state index in [1.807, 2.05) is 20.8 Å². The molecule has 2 aromatic heterocycles. The maximum Gasteiger partial charge on any atom is 0.163 e. The van der Waals surface area contributed by atoms with Gasteiger partial charge in [-0.25, -0.2) is 0 Å². The summed E-state index contributed by atoms with van der Waals surface area (Å²) in [5.41, 5.74) is 5.56. The zero-order valence-corrected chi connectivity index (χ0v) is 18.6. The third-order valence-electron chi connectivity index (χ3n) is 5.60.